The van der Waals surface area contributed by atoms with Crippen molar-refractivity contribution < 1.29 is 33.6 Å². The van der Waals surface area contributed by atoms with Crippen molar-refractivity contribution >= 4 is 47.9 Å². The number of anilines is 1. The number of benzene rings is 1. The number of aromatic carboxylic acids is 1. The molecule has 5 rings (SSSR count). The van der Waals surface area contributed by atoms with Gasteiger partial charge in [-0.25, -0.2) is 24.1 Å². The predicted molar refractivity (Wildman–Crippen MR) is 171 cm³/mol. The van der Waals surface area contributed by atoms with Crippen LogP contribution in [0.5, 0.6) is 0 Å². The Balaban J connectivity index is 1.67. The number of fused-ring (bicyclic) bond motifs is 1. The van der Waals surface area contributed by atoms with Crippen LogP contribution in [0.2, 0.25) is 0 Å². The second-order valence-corrected chi connectivity index (χ2v) is 13.4. The van der Waals surface area contributed by atoms with E-state index in [9.17, 15) is 33.8 Å². The Morgan fingerprint density at radius 2 is 1.96 bits per heavy atom. The first-order chi connectivity index (χ1) is 21.3. The molecule has 0 unspecified atom stereocenters. The van der Waals surface area contributed by atoms with Crippen LogP contribution in [0.4, 0.5) is 10.6 Å². The molecule has 1 atom stereocenters. The molecule has 0 bridgehead atoms. The SMILES string of the molecule is CCNC(=O)Nc1cc(-c2nc(C3CC3)cs2)c(-c2ccc3c(c2)c(=O)c(C(=O)O)cn3[C@H](COP(=O)(O)O)CC(C)C)cn1. The van der Waals surface area contributed by atoms with Gasteiger partial charge in [-0.05, 0) is 55.9 Å². The lowest BCUT2D eigenvalue weighted by atomic mass is 9.98. The largest absolute Gasteiger partial charge is 0.477 e. The lowest BCUT2D eigenvalue weighted by Gasteiger charge is -2.25. The minimum Gasteiger partial charge on any atom is -0.477 e. The first-order valence-electron chi connectivity index (χ1n) is 14.5. The number of nitrogens with zero attached hydrogens (tertiary/aromatic N) is 3. The van der Waals surface area contributed by atoms with Crippen molar-refractivity contribution in [1.82, 2.24) is 19.9 Å². The van der Waals surface area contributed by atoms with Crippen molar-refractivity contribution in [2.45, 2.75) is 52.0 Å². The quantitative estimate of drug-likeness (QED) is 0.120. The van der Waals surface area contributed by atoms with Gasteiger partial charge in [0.1, 0.15) is 16.4 Å². The number of hydrogen-bond donors (Lipinski definition) is 5. The first-order valence-corrected chi connectivity index (χ1v) is 16.9. The molecule has 0 aliphatic heterocycles. The molecule has 15 heteroatoms. The van der Waals surface area contributed by atoms with E-state index in [0.717, 1.165) is 18.5 Å². The maximum Gasteiger partial charge on any atom is 0.469 e. The summed E-state index contributed by atoms with van der Waals surface area (Å²) in [5.74, 6) is -0.647. The summed E-state index contributed by atoms with van der Waals surface area (Å²) in [6.45, 7) is 5.66. The molecule has 0 spiro atoms. The van der Waals surface area contributed by atoms with Gasteiger partial charge in [-0.1, -0.05) is 19.9 Å². The molecule has 5 N–H and O–H groups in total. The van der Waals surface area contributed by atoms with Crippen LogP contribution < -0.4 is 16.1 Å². The van der Waals surface area contributed by atoms with Crippen LogP contribution in [0, 0.1) is 5.92 Å². The van der Waals surface area contributed by atoms with Gasteiger partial charge in [0.2, 0.25) is 5.43 Å². The molecule has 238 valence electrons. The average Bonchev–Trinajstić information content (AvgIpc) is 3.71. The van der Waals surface area contributed by atoms with E-state index in [-0.39, 0.29) is 11.3 Å². The van der Waals surface area contributed by atoms with Gasteiger partial charge in [0.05, 0.1) is 23.9 Å². The van der Waals surface area contributed by atoms with Crippen LogP contribution in [0.3, 0.4) is 0 Å². The van der Waals surface area contributed by atoms with E-state index < -0.39 is 43.5 Å². The summed E-state index contributed by atoms with van der Waals surface area (Å²) in [6.07, 6.45) is 5.32. The molecule has 4 aromatic rings. The van der Waals surface area contributed by atoms with Crippen molar-refractivity contribution in [3.05, 3.63) is 63.5 Å². The highest BCUT2D eigenvalue weighted by molar-refractivity contribution is 7.46. The monoisotopic (exact) mass is 655 g/mol. The van der Waals surface area contributed by atoms with Gasteiger partial charge in [-0.3, -0.25) is 14.6 Å². The minimum atomic E-state index is -4.82. The standard InChI is InChI=1S/C30H34N5O8PS/c1-4-31-30(39)34-26-11-20(28-33-24(15-45-28)17-5-6-17)22(12-32-26)18-7-8-25-21(10-18)27(36)23(29(37)38)13-35(25)19(9-16(2)3)14-43-44(40,41)42/h7-8,10-13,15-17,19H,4-6,9,14H2,1-3H3,(H,37,38)(H2,40,41,42)(H2,31,32,34,39)/t19-/m0/s1. The van der Waals surface area contributed by atoms with E-state index in [4.69, 9.17) is 9.51 Å². The van der Waals surface area contributed by atoms with Gasteiger partial charge < -0.3 is 24.8 Å². The second-order valence-electron chi connectivity index (χ2n) is 11.3. The third-order valence-electron chi connectivity index (χ3n) is 7.38. The fourth-order valence-electron chi connectivity index (χ4n) is 5.19. The Labute approximate surface area is 262 Å². The van der Waals surface area contributed by atoms with E-state index in [1.54, 1.807) is 42.0 Å². The molecular formula is C30H34N5O8PS. The molecule has 1 saturated carbocycles. The number of phosphoric ester groups is 1. The van der Waals surface area contributed by atoms with Crippen LogP contribution >= 0.6 is 19.2 Å². The topological polar surface area (TPSA) is 193 Å². The van der Waals surface area contributed by atoms with Gasteiger partial charge in [0.15, 0.2) is 0 Å². The Morgan fingerprint density at radius 3 is 2.60 bits per heavy atom. The van der Waals surface area contributed by atoms with Crippen LogP contribution in [0.15, 0.2) is 46.8 Å². The van der Waals surface area contributed by atoms with Crippen LogP contribution in [-0.2, 0) is 9.09 Å². The summed E-state index contributed by atoms with van der Waals surface area (Å²) >= 11 is 1.46. The third-order valence-corrected chi connectivity index (χ3v) is 8.76. The number of carboxylic acid groups (broad SMARTS) is 1. The number of amides is 2. The number of hydrogen-bond acceptors (Lipinski definition) is 8. The molecule has 2 amide bonds. The summed E-state index contributed by atoms with van der Waals surface area (Å²) in [7, 11) is -4.82. The van der Waals surface area contributed by atoms with Gasteiger partial charge in [-0.15, -0.1) is 11.3 Å². The van der Waals surface area contributed by atoms with E-state index >= 15 is 0 Å². The number of carboxylic acids is 1. The van der Waals surface area contributed by atoms with Crippen LogP contribution in [0.1, 0.15) is 68.0 Å². The summed E-state index contributed by atoms with van der Waals surface area (Å²) in [4.78, 5) is 65.9. The van der Waals surface area contributed by atoms with E-state index in [0.29, 0.717) is 51.9 Å². The lowest BCUT2D eigenvalue weighted by molar-refractivity contribution is 0.0693. The predicted octanol–water partition coefficient (Wildman–Crippen LogP) is 5.60. The van der Waals surface area contributed by atoms with Gasteiger partial charge in [-0.2, -0.15) is 0 Å². The Morgan fingerprint density at radius 1 is 1.20 bits per heavy atom. The maximum atomic E-state index is 13.5. The minimum absolute atomic E-state index is 0.0522. The first kappa shape index (κ1) is 32.5. The molecule has 0 saturated heterocycles. The number of phosphoric acid groups is 1. The number of pyridine rings is 2. The van der Waals surface area contributed by atoms with Gasteiger partial charge >= 0.3 is 19.8 Å². The molecule has 3 heterocycles. The summed E-state index contributed by atoms with van der Waals surface area (Å²) < 4.78 is 17.9. The molecule has 45 heavy (non-hydrogen) atoms. The van der Waals surface area contributed by atoms with Crippen molar-refractivity contribution in [3.8, 4) is 21.7 Å². The molecule has 13 nitrogen and oxygen atoms in total. The molecule has 0 radical (unpaired) electrons. The molecule has 1 aliphatic carbocycles. The lowest BCUT2D eigenvalue weighted by Crippen LogP contribution is -2.28. The maximum absolute atomic E-state index is 13.5. The Bertz CT molecular complexity index is 1860. The number of urea groups is 1. The highest BCUT2D eigenvalue weighted by atomic mass is 32.1. The Hall–Kier alpha value is -3.94. The fraction of sp³-hybridized carbons (Fsp3) is 0.367. The number of carbonyl (C=O) groups is 2. The highest BCUT2D eigenvalue weighted by Gasteiger charge is 2.28. The Kier molecular flexibility index (Phi) is 9.52. The second kappa shape index (κ2) is 13.2. The van der Waals surface area contributed by atoms with Crippen LogP contribution in [-0.4, -0.2) is 54.6 Å². The molecule has 3 aromatic heterocycles. The van der Waals surface area contributed by atoms with E-state index in [2.05, 4.69) is 15.6 Å². The number of nitrogens with one attached hydrogen (secondary N) is 2. The van der Waals surface area contributed by atoms with Crippen molar-refractivity contribution in [2.75, 3.05) is 18.5 Å². The summed E-state index contributed by atoms with van der Waals surface area (Å²) in [5, 5.41) is 18.1. The zero-order valence-corrected chi connectivity index (χ0v) is 26.6. The summed E-state index contributed by atoms with van der Waals surface area (Å²) in [6, 6.07) is 5.65. The van der Waals surface area contributed by atoms with E-state index in [1.807, 2.05) is 19.2 Å². The number of thiazole rings is 1. The van der Waals surface area contributed by atoms with Crippen molar-refractivity contribution in [2.24, 2.45) is 5.92 Å². The van der Waals surface area contributed by atoms with Crippen LogP contribution in [0.25, 0.3) is 32.6 Å². The number of rotatable bonds is 12. The average molecular weight is 656 g/mol. The zero-order chi connectivity index (χ0) is 32.5. The fourth-order valence-corrected chi connectivity index (χ4v) is 6.49. The number of aromatic nitrogens is 3. The third kappa shape index (κ3) is 7.66. The van der Waals surface area contributed by atoms with Crippen molar-refractivity contribution in [1.29, 1.82) is 0 Å². The molecule has 1 aromatic carbocycles. The smallest absolute Gasteiger partial charge is 0.469 e. The molecular weight excluding hydrogens is 621 g/mol. The highest BCUT2D eigenvalue weighted by Crippen LogP contribution is 2.43. The zero-order valence-electron chi connectivity index (χ0n) is 24.9. The van der Waals surface area contributed by atoms with Crippen molar-refractivity contribution in [3.63, 3.8) is 0 Å². The normalized spacial score (nSPS) is 14.1. The number of carbonyl (C=O) groups excluding carboxylic acids is 1. The van der Waals surface area contributed by atoms with Gasteiger partial charge in [0.25, 0.3) is 0 Å². The molecule has 1 aliphatic rings. The summed E-state index contributed by atoms with van der Waals surface area (Å²) in [5.41, 5.74) is 2.04. The van der Waals surface area contributed by atoms with Gasteiger partial charge in [0, 0.05) is 46.7 Å². The molecule has 1 fully saturated rings. The van der Waals surface area contributed by atoms with E-state index in [1.165, 1.54) is 17.5 Å².